The van der Waals surface area contributed by atoms with Gasteiger partial charge in [-0.1, -0.05) is 12.8 Å². The van der Waals surface area contributed by atoms with E-state index in [1.54, 1.807) is 7.11 Å². The molecular weight excluding hydrogens is 356 g/mol. The fourth-order valence-electron chi connectivity index (χ4n) is 4.12. The third-order valence-corrected chi connectivity index (χ3v) is 5.82. The smallest absolute Gasteiger partial charge is 0.124 e. The molecule has 0 spiro atoms. The lowest BCUT2D eigenvalue weighted by atomic mass is 10.1. The summed E-state index contributed by atoms with van der Waals surface area (Å²) in [7, 11) is 1.69. The van der Waals surface area contributed by atoms with E-state index in [0.717, 1.165) is 62.6 Å². The second-order valence-electron chi connectivity index (χ2n) is 8.16. The molecule has 0 amide bonds. The van der Waals surface area contributed by atoms with E-state index in [4.69, 9.17) is 9.47 Å². The van der Waals surface area contributed by atoms with E-state index >= 15 is 0 Å². The molecule has 2 heterocycles. The fourth-order valence-corrected chi connectivity index (χ4v) is 4.12. The number of aliphatic hydroxyl groups is 2. The number of piperidine rings is 1. The van der Waals surface area contributed by atoms with Crippen LogP contribution in [-0.4, -0.2) is 78.7 Å². The van der Waals surface area contributed by atoms with Crippen molar-refractivity contribution in [1.29, 1.82) is 0 Å². The Morgan fingerprint density at radius 2 is 1.75 bits per heavy atom. The van der Waals surface area contributed by atoms with E-state index in [0.29, 0.717) is 6.54 Å². The van der Waals surface area contributed by atoms with Crippen molar-refractivity contribution in [3.63, 3.8) is 0 Å². The van der Waals surface area contributed by atoms with Crippen LogP contribution >= 0.6 is 0 Å². The van der Waals surface area contributed by atoms with Gasteiger partial charge in [0.2, 0.25) is 0 Å². The lowest BCUT2D eigenvalue weighted by molar-refractivity contribution is 0.0335. The maximum Gasteiger partial charge on any atom is 0.124 e. The first-order chi connectivity index (χ1) is 13.6. The minimum atomic E-state index is -0.539. The van der Waals surface area contributed by atoms with Gasteiger partial charge in [0.15, 0.2) is 0 Å². The summed E-state index contributed by atoms with van der Waals surface area (Å²) in [5.41, 5.74) is 1.12. The molecule has 2 aliphatic rings. The summed E-state index contributed by atoms with van der Waals surface area (Å²) in [6.07, 6.45) is 5.98. The fraction of sp³-hybridized carbons (Fsp3) is 0.727. The molecule has 6 nitrogen and oxygen atoms in total. The van der Waals surface area contributed by atoms with Crippen LogP contribution in [0.1, 0.15) is 44.1 Å². The third-order valence-electron chi connectivity index (χ3n) is 5.82. The van der Waals surface area contributed by atoms with Crippen LogP contribution in [0.2, 0.25) is 0 Å². The molecule has 0 saturated carbocycles. The van der Waals surface area contributed by atoms with E-state index in [1.165, 1.54) is 25.7 Å². The van der Waals surface area contributed by atoms with Crippen molar-refractivity contribution in [2.24, 2.45) is 0 Å². The SMILES string of the molecule is COc1ccc(OC[C@H](O)CN2CCC(O)CC2)c(CN2CCCCCC2)c1. The molecule has 2 saturated heterocycles. The third kappa shape index (κ3) is 6.62. The molecule has 2 N–H and O–H groups in total. The standard InChI is InChI=1S/C22H36N2O4/c1-27-21-6-7-22(18(14-21)15-23-10-4-2-3-5-11-23)28-17-20(26)16-24-12-8-19(25)9-13-24/h6-7,14,19-20,25-26H,2-5,8-13,15-17H2,1H3/t20-/m1/s1. The number of hydrogen-bond donors (Lipinski definition) is 2. The first-order valence-corrected chi connectivity index (χ1v) is 10.7. The van der Waals surface area contributed by atoms with Crippen molar-refractivity contribution in [2.45, 2.75) is 57.3 Å². The highest BCUT2D eigenvalue weighted by atomic mass is 16.5. The Labute approximate surface area is 169 Å². The molecule has 0 radical (unpaired) electrons. The molecule has 0 unspecified atom stereocenters. The van der Waals surface area contributed by atoms with Gasteiger partial charge in [0.1, 0.15) is 24.2 Å². The van der Waals surface area contributed by atoms with Crippen LogP contribution in [-0.2, 0) is 6.54 Å². The summed E-state index contributed by atoms with van der Waals surface area (Å²) in [6, 6.07) is 5.92. The minimum Gasteiger partial charge on any atom is -0.497 e. The van der Waals surface area contributed by atoms with Crippen molar-refractivity contribution < 1.29 is 19.7 Å². The van der Waals surface area contributed by atoms with Gasteiger partial charge in [-0.25, -0.2) is 0 Å². The van der Waals surface area contributed by atoms with Crippen LogP contribution in [0.5, 0.6) is 11.5 Å². The van der Waals surface area contributed by atoms with Gasteiger partial charge in [-0.15, -0.1) is 0 Å². The van der Waals surface area contributed by atoms with E-state index in [-0.39, 0.29) is 12.7 Å². The number of nitrogens with zero attached hydrogens (tertiary/aromatic N) is 2. The van der Waals surface area contributed by atoms with E-state index in [1.807, 2.05) is 12.1 Å². The van der Waals surface area contributed by atoms with Gasteiger partial charge in [-0.3, -0.25) is 4.90 Å². The normalized spacial score (nSPS) is 21.2. The van der Waals surface area contributed by atoms with Crippen LogP contribution < -0.4 is 9.47 Å². The molecule has 2 aliphatic heterocycles. The molecule has 158 valence electrons. The zero-order valence-corrected chi connectivity index (χ0v) is 17.2. The number of aliphatic hydroxyl groups excluding tert-OH is 2. The maximum atomic E-state index is 10.4. The number of hydrogen-bond acceptors (Lipinski definition) is 6. The van der Waals surface area contributed by atoms with Crippen molar-refractivity contribution >= 4 is 0 Å². The molecule has 3 rings (SSSR count). The highest BCUT2D eigenvalue weighted by molar-refractivity contribution is 5.40. The number of ether oxygens (including phenoxy) is 2. The van der Waals surface area contributed by atoms with Gasteiger partial charge >= 0.3 is 0 Å². The first-order valence-electron chi connectivity index (χ1n) is 10.7. The summed E-state index contributed by atoms with van der Waals surface area (Å²) in [4.78, 5) is 4.69. The van der Waals surface area contributed by atoms with Crippen LogP contribution in [0.25, 0.3) is 0 Å². The monoisotopic (exact) mass is 392 g/mol. The number of benzene rings is 1. The topological polar surface area (TPSA) is 65.4 Å². The Kier molecular flexibility index (Phi) is 8.40. The Morgan fingerprint density at radius 3 is 2.43 bits per heavy atom. The van der Waals surface area contributed by atoms with Gasteiger partial charge in [0.05, 0.1) is 13.2 Å². The summed E-state index contributed by atoms with van der Waals surface area (Å²) in [5, 5.41) is 20.0. The van der Waals surface area contributed by atoms with Gasteiger partial charge in [-0.2, -0.15) is 0 Å². The van der Waals surface area contributed by atoms with Crippen LogP contribution in [0.4, 0.5) is 0 Å². The predicted molar refractivity (Wildman–Crippen MR) is 110 cm³/mol. The minimum absolute atomic E-state index is 0.189. The highest BCUT2D eigenvalue weighted by Crippen LogP contribution is 2.27. The highest BCUT2D eigenvalue weighted by Gasteiger charge is 2.20. The summed E-state index contributed by atoms with van der Waals surface area (Å²) in [5.74, 6) is 1.67. The lowest BCUT2D eigenvalue weighted by Gasteiger charge is -2.31. The zero-order valence-electron chi connectivity index (χ0n) is 17.2. The lowest BCUT2D eigenvalue weighted by Crippen LogP contribution is -2.41. The van der Waals surface area contributed by atoms with Crippen molar-refractivity contribution in [2.75, 3.05) is 46.4 Å². The summed E-state index contributed by atoms with van der Waals surface area (Å²) in [6.45, 7) is 5.64. The van der Waals surface area contributed by atoms with Gasteiger partial charge in [0.25, 0.3) is 0 Å². The van der Waals surface area contributed by atoms with E-state index in [2.05, 4.69) is 15.9 Å². The van der Waals surface area contributed by atoms with E-state index in [9.17, 15) is 10.2 Å². The molecular formula is C22H36N2O4. The number of methoxy groups -OCH3 is 1. The number of likely N-dealkylation sites (tertiary alicyclic amines) is 2. The molecule has 6 heteroatoms. The van der Waals surface area contributed by atoms with Crippen molar-refractivity contribution in [3.8, 4) is 11.5 Å². The van der Waals surface area contributed by atoms with Gasteiger partial charge < -0.3 is 24.6 Å². The molecule has 1 aromatic carbocycles. The Morgan fingerprint density at radius 1 is 1.04 bits per heavy atom. The Bertz CT molecular complexity index is 582. The average Bonchev–Trinajstić information content (AvgIpc) is 2.97. The van der Waals surface area contributed by atoms with Crippen LogP contribution in [0.3, 0.4) is 0 Å². The largest absolute Gasteiger partial charge is 0.497 e. The molecule has 1 atom stereocenters. The number of rotatable bonds is 8. The zero-order chi connectivity index (χ0) is 19.8. The second-order valence-corrected chi connectivity index (χ2v) is 8.16. The van der Waals surface area contributed by atoms with E-state index < -0.39 is 6.10 Å². The predicted octanol–water partition coefficient (Wildman–Crippen LogP) is 2.27. The molecule has 0 bridgehead atoms. The summed E-state index contributed by atoms with van der Waals surface area (Å²) >= 11 is 0. The Balaban J connectivity index is 1.55. The Hall–Kier alpha value is -1.34. The van der Waals surface area contributed by atoms with Crippen molar-refractivity contribution in [1.82, 2.24) is 9.80 Å². The molecule has 0 aliphatic carbocycles. The second kappa shape index (κ2) is 11.0. The maximum absolute atomic E-state index is 10.4. The molecule has 28 heavy (non-hydrogen) atoms. The molecule has 0 aromatic heterocycles. The molecule has 2 fully saturated rings. The quantitative estimate of drug-likeness (QED) is 0.708. The van der Waals surface area contributed by atoms with Crippen molar-refractivity contribution in [3.05, 3.63) is 23.8 Å². The average molecular weight is 393 g/mol. The molecule has 1 aromatic rings. The van der Waals surface area contributed by atoms with Crippen LogP contribution in [0.15, 0.2) is 18.2 Å². The number of β-amino-alcohol motifs (C(OH)–C–C–N with tert-alkyl or cyclic N) is 1. The van der Waals surface area contributed by atoms with Crippen LogP contribution in [0, 0.1) is 0 Å². The summed E-state index contributed by atoms with van der Waals surface area (Å²) < 4.78 is 11.4. The van der Waals surface area contributed by atoms with Gasteiger partial charge in [0, 0.05) is 31.7 Å². The van der Waals surface area contributed by atoms with Gasteiger partial charge in [-0.05, 0) is 57.0 Å². The first kappa shape index (κ1) is 21.4.